The number of hydrogen-bond acceptors (Lipinski definition) is 4. The maximum Gasteiger partial charge on any atom is 0.437 e. The molecule has 0 aliphatic heterocycles. The highest BCUT2D eigenvalue weighted by molar-refractivity contribution is 5.76. The van der Waals surface area contributed by atoms with Gasteiger partial charge in [-0.05, 0) is 47.9 Å². The molecule has 0 spiro atoms. The van der Waals surface area contributed by atoms with E-state index < -0.39 is 17.5 Å². The zero-order valence-electron chi connectivity index (χ0n) is 15.4. The molecule has 2 aromatic carbocycles. The third-order valence-electron chi connectivity index (χ3n) is 4.20. The molecule has 1 atom stereocenters. The van der Waals surface area contributed by atoms with Gasteiger partial charge in [-0.15, -0.1) is 5.10 Å². The largest absolute Gasteiger partial charge is 0.437 e. The minimum atomic E-state index is -0.794. The second-order valence-electron chi connectivity index (χ2n) is 6.68. The predicted molar refractivity (Wildman–Crippen MR) is 98.3 cm³/mol. The van der Waals surface area contributed by atoms with E-state index >= 15 is 0 Å². The fourth-order valence-corrected chi connectivity index (χ4v) is 2.78. The van der Waals surface area contributed by atoms with Gasteiger partial charge in [-0.3, -0.25) is 4.79 Å². The highest BCUT2D eigenvalue weighted by Gasteiger charge is 2.20. The Morgan fingerprint density at radius 3 is 2.21 bits per heavy atom. The van der Waals surface area contributed by atoms with E-state index in [9.17, 15) is 18.4 Å². The molecule has 28 heavy (non-hydrogen) atoms. The van der Waals surface area contributed by atoms with Crippen LogP contribution in [-0.2, 0) is 11.3 Å². The number of carbonyl (C=O) groups excluding carboxylic acids is 1. The van der Waals surface area contributed by atoms with Crippen LogP contribution >= 0.6 is 0 Å². The van der Waals surface area contributed by atoms with Gasteiger partial charge in [0.05, 0.1) is 6.04 Å². The molecule has 1 N–H and O–H groups in total. The molecule has 3 aromatic rings. The molecule has 0 unspecified atom stereocenters. The lowest BCUT2D eigenvalue weighted by Gasteiger charge is -2.22. The Morgan fingerprint density at radius 1 is 1.07 bits per heavy atom. The van der Waals surface area contributed by atoms with E-state index in [0.717, 1.165) is 10.2 Å². The number of aromatic nitrogens is 2. The minimum absolute atomic E-state index is 0.00301. The molecule has 1 aromatic heterocycles. The highest BCUT2D eigenvalue weighted by atomic mass is 19.1. The van der Waals surface area contributed by atoms with Gasteiger partial charge < -0.3 is 9.73 Å². The van der Waals surface area contributed by atoms with E-state index in [0.29, 0.717) is 5.56 Å². The van der Waals surface area contributed by atoms with Gasteiger partial charge in [0, 0.05) is 5.56 Å². The molecular formula is C20H19F2N3O3. The van der Waals surface area contributed by atoms with Crippen molar-refractivity contribution in [3.63, 3.8) is 0 Å². The molecule has 3 rings (SSSR count). The number of amides is 1. The summed E-state index contributed by atoms with van der Waals surface area (Å²) in [6.45, 7) is 3.50. The van der Waals surface area contributed by atoms with Gasteiger partial charge in [0.15, 0.2) is 0 Å². The van der Waals surface area contributed by atoms with Crippen molar-refractivity contribution >= 4 is 5.91 Å². The number of nitrogens with one attached hydrogen (secondary N) is 1. The first-order valence-corrected chi connectivity index (χ1v) is 8.72. The summed E-state index contributed by atoms with van der Waals surface area (Å²) >= 11 is 0. The summed E-state index contributed by atoms with van der Waals surface area (Å²) in [4.78, 5) is 24.4. The van der Waals surface area contributed by atoms with Gasteiger partial charge in [0.2, 0.25) is 11.8 Å². The zero-order chi connectivity index (χ0) is 20.3. The van der Waals surface area contributed by atoms with Crippen molar-refractivity contribution in [1.82, 2.24) is 15.1 Å². The van der Waals surface area contributed by atoms with E-state index in [1.54, 1.807) is 12.1 Å². The van der Waals surface area contributed by atoms with Gasteiger partial charge in [-0.2, -0.15) is 4.68 Å². The number of hydrogen-bond donors (Lipinski definition) is 1. The molecule has 0 saturated carbocycles. The summed E-state index contributed by atoms with van der Waals surface area (Å²) in [6.07, 6.45) is 0. The summed E-state index contributed by atoms with van der Waals surface area (Å²) in [5, 5.41) is 6.82. The van der Waals surface area contributed by atoms with Gasteiger partial charge in [0.1, 0.15) is 18.2 Å². The summed E-state index contributed by atoms with van der Waals surface area (Å²) in [5.41, 5.74) is 1.17. The molecule has 8 heteroatoms. The fraction of sp³-hybridized carbons (Fsp3) is 0.250. The number of carbonyl (C=O) groups is 1. The van der Waals surface area contributed by atoms with Crippen LogP contribution in [0.2, 0.25) is 0 Å². The van der Waals surface area contributed by atoms with Crippen LogP contribution in [0.25, 0.3) is 11.5 Å². The smallest absolute Gasteiger partial charge is 0.388 e. The lowest BCUT2D eigenvalue weighted by Crippen LogP contribution is -2.36. The van der Waals surface area contributed by atoms with Crippen LogP contribution in [0.15, 0.2) is 57.7 Å². The summed E-state index contributed by atoms with van der Waals surface area (Å²) in [6, 6.07) is 10.8. The maximum absolute atomic E-state index is 13.1. The van der Waals surface area contributed by atoms with E-state index in [4.69, 9.17) is 4.42 Å². The van der Waals surface area contributed by atoms with Crippen LogP contribution in [0.4, 0.5) is 8.78 Å². The second-order valence-corrected chi connectivity index (χ2v) is 6.68. The molecule has 1 heterocycles. The first-order valence-electron chi connectivity index (χ1n) is 8.72. The SMILES string of the molecule is CC(C)[C@H](NC(=O)Cn1nc(-c2ccc(F)cc2)oc1=O)c1ccc(F)cc1. The normalized spacial score (nSPS) is 12.2. The number of benzene rings is 2. The Kier molecular flexibility index (Phi) is 5.67. The Balaban J connectivity index is 1.74. The minimum Gasteiger partial charge on any atom is -0.388 e. The van der Waals surface area contributed by atoms with Gasteiger partial charge in [-0.25, -0.2) is 13.6 Å². The summed E-state index contributed by atoms with van der Waals surface area (Å²) < 4.78 is 32.1. The summed E-state index contributed by atoms with van der Waals surface area (Å²) in [7, 11) is 0. The molecule has 0 aliphatic carbocycles. The molecule has 1 amide bonds. The molecule has 0 saturated heterocycles. The third kappa shape index (κ3) is 4.51. The standard InChI is InChI=1S/C20H19F2N3O3/c1-12(2)18(13-3-7-15(21)8-4-13)23-17(26)11-25-20(27)28-19(24-25)14-5-9-16(22)10-6-14/h3-10,12,18H,11H2,1-2H3,(H,23,26)/t18-/m0/s1. The molecule has 146 valence electrons. The monoisotopic (exact) mass is 387 g/mol. The van der Waals surface area contributed by atoms with Gasteiger partial charge in [0.25, 0.3) is 0 Å². The Bertz CT molecular complexity index is 1010. The Morgan fingerprint density at radius 2 is 1.64 bits per heavy atom. The van der Waals surface area contributed by atoms with Gasteiger partial charge in [-0.1, -0.05) is 26.0 Å². The van der Waals surface area contributed by atoms with E-state index in [1.165, 1.54) is 36.4 Å². The van der Waals surface area contributed by atoms with Crippen molar-refractivity contribution in [1.29, 1.82) is 0 Å². The van der Waals surface area contributed by atoms with Crippen molar-refractivity contribution in [3.8, 4) is 11.5 Å². The quantitative estimate of drug-likeness (QED) is 0.704. The Labute approximate surface area is 159 Å². The average molecular weight is 387 g/mol. The van der Waals surface area contributed by atoms with Crippen LogP contribution in [0.3, 0.4) is 0 Å². The second kappa shape index (κ2) is 8.16. The van der Waals surface area contributed by atoms with Crippen LogP contribution in [-0.4, -0.2) is 15.7 Å². The zero-order valence-corrected chi connectivity index (χ0v) is 15.4. The first kappa shape index (κ1) is 19.5. The van der Waals surface area contributed by atoms with E-state index in [2.05, 4.69) is 10.4 Å². The van der Waals surface area contributed by atoms with Crippen LogP contribution < -0.4 is 11.1 Å². The molecular weight excluding hydrogens is 368 g/mol. The van der Waals surface area contributed by atoms with E-state index in [1.807, 2.05) is 13.8 Å². The van der Waals surface area contributed by atoms with Crippen molar-refractivity contribution in [2.24, 2.45) is 5.92 Å². The molecule has 0 aliphatic rings. The average Bonchev–Trinajstić information content (AvgIpc) is 3.01. The first-order chi connectivity index (χ1) is 13.3. The maximum atomic E-state index is 13.1. The summed E-state index contributed by atoms with van der Waals surface area (Å²) in [5.74, 6) is -1.98. The van der Waals surface area contributed by atoms with Crippen molar-refractivity contribution in [2.45, 2.75) is 26.4 Å². The molecule has 0 bridgehead atoms. The van der Waals surface area contributed by atoms with Crippen LogP contribution in [0.1, 0.15) is 25.5 Å². The van der Waals surface area contributed by atoms with Crippen molar-refractivity contribution < 1.29 is 18.0 Å². The lowest BCUT2D eigenvalue weighted by atomic mass is 9.96. The Hall–Kier alpha value is -3.29. The van der Waals surface area contributed by atoms with Crippen molar-refractivity contribution in [2.75, 3.05) is 0 Å². The highest BCUT2D eigenvalue weighted by Crippen LogP contribution is 2.22. The molecule has 0 radical (unpaired) electrons. The number of rotatable bonds is 6. The third-order valence-corrected chi connectivity index (χ3v) is 4.20. The van der Waals surface area contributed by atoms with Gasteiger partial charge >= 0.3 is 5.76 Å². The topological polar surface area (TPSA) is 77.1 Å². The number of halogens is 2. The number of nitrogens with zero attached hydrogens (tertiary/aromatic N) is 2. The van der Waals surface area contributed by atoms with E-state index in [-0.39, 0.29) is 30.2 Å². The van der Waals surface area contributed by atoms with Crippen molar-refractivity contribution in [3.05, 3.63) is 76.3 Å². The lowest BCUT2D eigenvalue weighted by molar-refractivity contribution is -0.123. The van der Waals surface area contributed by atoms with Crippen LogP contribution in [0.5, 0.6) is 0 Å². The molecule has 0 fully saturated rings. The fourth-order valence-electron chi connectivity index (χ4n) is 2.78. The molecule has 6 nitrogen and oxygen atoms in total. The predicted octanol–water partition coefficient (Wildman–Crippen LogP) is 3.30. The van der Waals surface area contributed by atoms with Crippen LogP contribution in [0, 0.1) is 17.6 Å².